The van der Waals surface area contributed by atoms with Gasteiger partial charge in [0, 0.05) is 29.2 Å². The van der Waals surface area contributed by atoms with Gasteiger partial charge in [-0.15, -0.1) is 0 Å². The Morgan fingerprint density at radius 2 is 1.53 bits per heavy atom. The van der Waals surface area contributed by atoms with E-state index in [1.807, 2.05) is 0 Å². The van der Waals surface area contributed by atoms with Gasteiger partial charge in [0.2, 0.25) is 11.7 Å². The molecule has 8 heteroatoms. The van der Waals surface area contributed by atoms with Crippen LogP contribution in [0, 0.1) is 5.92 Å². The quantitative estimate of drug-likeness (QED) is 0.460. The molecular formula is C24H24ClNO6. The van der Waals surface area contributed by atoms with Crippen LogP contribution >= 0.6 is 11.6 Å². The van der Waals surface area contributed by atoms with Crippen molar-refractivity contribution in [3.05, 3.63) is 64.7 Å². The first-order chi connectivity index (χ1) is 15.2. The second-order valence-electron chi connectivity index (χ2n) is 7.86. The molecule has 7 nitrogen and oxygen atoms in total. The van der Waals surface area contributed by atoms with Crippen molar-refractivity contribution in [2.24, 2.45) is 5.92 Å². The van der Waals surface area contributed by atoms with Gasteiger partial charge in [-0.05, 0) is 69.3 Å². The van der Waals surface area contributed by atoms with Gasteiger partial charge >= 0.3 is 11.9 Å². The first-order valence-electron chi connectivity index (χ1n) is 10.3. The SMILES string of the molecule is CC(C)OC(=O)c1ccc(N2C[C@@H](C(=O)O[C@H](C)C(=O)c3ccc(Cl)cc3)CC2=O)cc1. The van der Waals surface area contributed by atoms with Crippen molar-refractivity contribution < 1.29 is 28.7 Å². The summed E-state index contributed by atoms with van der Waals surface area (Å²) in [5.41, 5.74) is 1.33. The average Bonchev–Trinajstić information content (AvgIpc) is 3.15. The molecule has 0 saturated carbocycles. The minimum atomic E-state index is -0.987. The lowest BCUT2D eigenvalue weighted by molar-refractivity contribution is -0.151. The molecule has 0 aromatic heterocycles. The second-order valence-corrected chi connectivity index (χ2v) is 8.29. The summed E-state index contributed by atoms with van der Waals surface area (Å²) in [6, 6.07) is 12.7. The molecule has 3 rings (SSSR count). The maximum Gasteiger partial charge on any atom is 0.338 e. The van der Waals surface area contributed by atoms with Gasteiger partial charge in [-0.2, -0.15) is 0 Å². The number of Topliss-reactive ketones (excluding diaryl/α,β-unsaturated/α-hetero) is 1. The van der Waals surface area contributed by atoms with Gasteiger partial charge in [-0.1, -0.05) is 11.6 Å². The van der Waals surface area contributed by atoms with Crippen LogP contribution in [0.25, 0.3) is 0 Å². The molecule has 0 radical (unpaired) electrons. The fraction of sp³-hybridized carbons (Fsp3) is 0.333. The van der Waals surface area contributed by atoms with Gasteiger partial charge in [-0.25, -0.2) is 4.79 Å². The monoisotopic (exact) mass is 457 g/mol. The van der Waals surface area contributed by atoms with Crippen molar-refractivity contribution in [1.82, 2.24) is 0 Å². The molecule has 0 aliphatic carbocycles. The van der Waals surface area contributed by atoms with E-state index in [0.717, 1.165) is 0 Å². The fourth-order valence-corrected chi connectivity index (χ4v) is 3.47. The Labute approximate surface area is 191 Å². The van der Waals surface area contributed by atoms with Gasteiger partial charge in [0.25, 0.3) is 0 Å². The number of ketones is 1. The van der Waals surface area contributed by atoms with E-state index in [9.17, 15) is 19.2 Å². The van der Waals surface area contributed by atoms with E-state index < -0.39 is 24.0 Å². The van der Waals surface area contributed by atoms with Gasteiger partial charge < -0.3 is 14.4 Å². The number of esters is 2. The highest BCUT2D eigenvalue weighted by Crippen LogP contribution is 2.27. The highest BCUT2D eigenvalue weighted by Gasteiger charge is 2.37. The third kappa shape index (κ3) is 5.53. The summed E-state index contributed by atoms with van der Waals surface area (Å²) in [5, 5.41) is 0.501. The number of amides is 1. The molecule has 168 valence electrons. The zero-order valence-electron chi connectivity index (χ0n) is 18.0. The molecule has 1 aliphatic heterocycles. The van der Waals surface area contributed by atoms with Crippen LogP contribution in [0.3, 0.4) is 0 Å². The maximum absolute atomic E-state index is 12.6. The second kappa shape index (κ2) is 9.96. The molecule has 0 spiro atoms. The lowest BCUT2D eigenvalue weighted by atomic mass is 10.1. The molecule has 2 atom stereocenters. The van der Waals surface area contributed by atoms with E-state index in [1.165, 1.54) is 11.8 Å². The summed E-state index contributed by atoms with van der Waals surface area (Å²) in [4.78, 5) is 51.0. The zero-order chi connectivity index (χ0) is 23.4. The molecule has 0 unspecified atom stereocenters. The van der Waals surface area contributed by atoms with Crippen LogP contribution in [0.4, 0.5) is 5.69 Å². The first kappa shape index (κ1) is 23.5. The number of hydrogen-bond donors (Lipinski definition) is 0. The Morgan fingerprint density at radius 1 is 0.938 bits per heavy atom. The van der Waals surface area contributed by atoms with Gasteiger partial charge in [0.1, 0.15) is 0 Å². The molecular weight excluding hydrogens is 434 g/mol. The molecule has 32 heavy (non-hydrogen) atoms. The summed E-state index contributed by atoms with van der Waals surface area (Å²) in [6.45, 7) is 5.16. The highest BCUT2D eigenvalue weighted by atomic mass is 35.5. The minimum Gasteiger partial charge on any atom is -0.459 e. The minimum absolute atomic E-state index is 0.0160. The van der Waals surface area contributed by atoms with E-state index in [4.69, 9.17) is 21.1 Å². The van der Waals surface area contributed by atoms with E-state index in [2.05, 4.69) is 0 Å². The Morgan fingerprint density at radius 3 is 2.12 bits per heavy atom. The Balaban J connectivity index is 1.61. The standard InChI is InChI=1S/C24H24ClNO6/c1-14(2)31-23(29)17-6-10-20(11-7-17)26-13-18(12-21(26)27)24(30)32-15(3)22(28)16-4-8-19(25)9-5-16/h4-11,14-15,18H,12-13H2,1-3H3/t15-,18+/m1/s1. The van der Waals surface area contributed by atoms with Crippen LogP contribution < -0.4 is 4.90 Å². The van der Waals surface area contributed by atoms with Crippen LogP contribution in [0.2, 0.25) is 5.02 Å². The van der Waals surface area contributed by atoms with Crippen LogP contribution in [0.15, 0.2) is 48.5 Å². The summed E-state index contributed by atoms with van der Waals surface area (Å²) in [5.74, 6) is -2.32. The van der Waals surface area contributed by atoms with Crippen molar-refractivity contribution in [3.63, 3.8) is 0 Å². The Bertz CT molecular complexity index is 1020. The number of ether oxygens (including phenoxy) is 2. The highest BCUT2D eigenvalue weighted by molar-refractivity contribution is 6.30. The van der Waals surface area contributed by atoms with Gasteiger partial charge in [-0.3, -0.25) is 14.4 Å². The smallest absolute Gasteiger partial charge is 0.338 e. The molecule has 1 heterocycles. The molecule has 1 saturated heterocycles. The number of carbonyl (C=O) groups is 4. The van der Waals surface area contributed by atoms with E-state index >= 15 is 0 Å². The summed E-state index contributed by atoms with van der Waals surface area (Å²) in [6.07, 6.45) is -1.24. The van der Waals surface area contributed by atoms with Crippen LogP contribution in [0.5, 0.6) is 0 Å². The lowest BCUT2D eigenvalue weighted by Gasteiger charge is -2.18. The lowest BCUT2D eigenvalue weighted by Crippen LogP contribution is -2.30. The number of benzene rings is 2. The van der Waals surface area contributed by atoms with Gasteiger partial charge in [0.15, 0.2) is 6.10 Å². The number of anilines is 1. The van der Waals surface area contributed by atoms with Crippen LogP contribution in [-0.2, 0) is 19.1 Å². The molecule has 1 amide bonds. The van der Waals surface area contributed by atoms with Crippen molar-refractivity contribution >= 4 is 40.9 Å². The third-order valence-corrected chi connectivity index (χ3v) is 5.26. The van der Waals surface area contributed by atoms with Crippen molar-refractivity contribution in [2.45, 2.75) is 39.4 Å². The fourth-order valence-electron chi connectivity index (χ4n) is 3.35. The Kier molecular flexibility index (Phi) is 7.30. The predicted octanol–water partition coefficient (Wildman–Crippen LogP) is 4.07. The van der Waals surface area contributed by atoms with E-state index in [-0.39, 0.29) is 30.8 Å². The molecule has 0 N–H and O–H groups in total. The molecule has 2 aromatic carbocycles. The number of hydrogen-bond acceptors (Lipinski definition) is 6. The summed E-state index contributed by atoms with van der Waals surface area (Å²) >= 11 is 5.83. The summed E-state index contributed by atoms with van der Waals surface area (Å²) in [7, 11) is 0. The van der Waals surface area contributed by atoms with Crippen LogP contribution in [0.1, 0.15) is 47.9 Å². The largest absolute Gasteiger partial charge is 0.459 e. The van der Waals surface area contributed by atoms with E-state index in [0.29, 0.717) is 21.8 Å². The first-order valence-corrected chi connectivity index (χ1v) is 10.6. The van der Waals surface area contributed by atoms with E-state index in [1.54, 1.807) is 62.4 Å². The van der Waals surface area contributed by atoms with Crippen molar-refractivity contribution in [3.8, 4) is 0 Å². The predicted molar refractivity (Wildman–Crippen MR) is 119 cm³/mol. The third-order valence-electron chi connectivity index (χ3n) is 5.01. The van der Waals surface area contributed by atoms with Crippen LogP contribution in [-0.4, -0.2) is 42.4 Å². The normalized spacial score (nSPS) is 16.7. The molecule has 2 aromatic rings. The molecule has 0 bridgehead atoms. The number of rotatable bonds is 7. The zero-order valence-corrected chi connectivity index (χ0v) is 18.8. The topological polar surface area (TPSA) is 90.0 Å². The Hall–Kier alpha value is -3.19. The number of carbonyl (C=O) groups excluding carboxylic acids is 4. The number of halogens is 1. The summed E-state index contributed by atoms with van der Waals surface area (Å²) < 4.78 is 10.5. The number of nitrogens with zero attached hydrogens (tertiary/aromatic N) is 1. The van der Waals surface area contributed by atoms with Crippen molar-refractivity contribution in [2.75, 3.05) is 11.4 Å². The average molecular weight is 458 g/mol. The van der Waals surface area contributed by atoms with Gasteiger partial charge in [0.05, 0.1) is 17.6 Å². The van der Waals surface area contributed by atoms with Crippen molar-refractivity contribution in [1.29, 1.82) is 0 Å². The molecule has 1 fully saturated rings. The molecule has 1 aliphatic rings. The maximum atomic E-state index is 12.6.